The van der Waals surface area contributed by atoms with Gasteiger partial charge < -0.3 is 35.7 Å². The average molecular weight is 555 g/mol. The highest BCUT2D eigenvalue weighted by Crippen LogP contribution is 2.26. The van der Waals surface area contributed by atoms with E-state index in [1.807, 2.05) is 26.0 Å². The summed E-state index contributed by atoms with van der Waals surface area (Å²) in [6.07, 6.45) is -1.23. The highest BCUT2D eigenvalue weighted by atomic mass is 16.6. The van der Waals surface area contributed by atoms with Gasteiger partial charge in [-0.2, -0.15) is 5.26 Å². The lowest BCUT2D eigenvalue weighted by atomic mass is 9.94. The molecule has 1 aromatic carbocycles. The Morgan fingerprint density at radius 1 is 1.15 bits per heavy atom. The highest BCUT2D eigenvalue weighted by molar-refractivity contribution is 6.01. The number of alkyl carbamates (subject to hydrolysis) is 1. The molecule has 3 rings (SSSR count). The van der Waals surface area contributed by atoms with Crippen LogP contribution in [0.3, 0.4) is 0 Å². The zero-order valence-corrected chi connectivity index (χ0v) is 23.5. The quantitative estimate of drug-likeness (QED) is 0.268. The number of benzene rings is 1. The second kappa shape index (κ2) is 13.7. The maximum absolute atomic E-state index is 13.5. The van der Waals surface area contributed by atoms with Crippen molar-refractivity contribution in [2.45, 2.75) is 71.2 Å². The number of carbonyl (C=O) groups is 4. The number of hydrogen-bond acceptors (Lipinski definition) is 7. The largest absolute Gasteiger partial charge is 0.496 e. The van der Waals surface area contributed by atoms with Crippen LogP contribution in [0.4, 0.5) is 4.79 Å². The van der Waals surface area contributed by atoms with E-state index in [1.165, 1.54) is 0 Å². The molecule has 216 valence electrons. The lowest BCUT2D eigenvalue weighted by Crippen LogP contribution is -2.54. The number of ether oxygens (including phenoxy) is 2. The first-order valence-corrected chi connectivity index (χ1v) is 13.4. The summed E-state index contributed by atoms with van der Waals surface area (Å²) in [5.74, 6) is -1.05. The molecule has 1 fully saturated rings. The zero-order valence-electron chi connectivity index (χ0n) is 23.5. The van der Waals surface area contributed by atoms with Gasteiger partial charge in [0, 0.05) is 29.4 Å². The van der Waals surface area contributed by atoms with E-state index >= 15 is 0 Å². The number of aromatic amines is 1. The number of amides is 4. The van der Waals surface area contributed by atoms with Crippen molar-refractivity contribution in [3.05, 3.63) is 30.0 Å². The Balaban J connectivity index is 1.81. The maximum atomic E-state index is 13.5. The van der Waals surface area contributed by atoms with Crippen molar-refractivity contribution >= 4 is 34.7 Å². The smallest absolute Gasteiger partial charge is 0.408 e. The third-order valence-electron chi connectivity index (χ3n) is 6.58. The van der Waals surface area contributed by atoms with E-state index in [-0.39, 0.29) is 30.0 Å². The summed E-state index contributed by atoms with van der Waals surface area (Å²) >= 11 is 0. The molecule has 5 N–H and O–H groups in total. The van der Waals surface area contributed by atoms with Crippen LogP contribution >= 0.6 is 0 Å². The molecule has 0 aliphatic carbocycles. The van der Waals surface area contributed by atoms with Crippen LogP contribution in [0.1, 0.15) is 57.4 Å². The minimum Gasteiger partial charge on any atom is -0.496 e. The number of fused-ring (bicyclic) bond motifs is 1. The average Bonchev–Trinajstić information content (AvgIpc) is 3.51. The van der Waals surface area contributed by atoms with Gasteiger partial charge in [-0.3, -0.25) is 14.4 Å². The zero-order chi connectivity index (χ0) is 29.4. The Kier molecular flexibility index (Phi) is 10.4. The van der Waals surface area contributed by atoms with Gasteiger partial charge in [0.1, 0.15) is 23.6 Å². The van der Waals surface area contributed by atoms with Gasteiger partial charge in [0.15, 0.2) is 0 Å². The molecule has 12 nitrogen and oxygen atoms in total. The molecule has 40 heavy (non-hydrogen) atoms. The van der Waals surface area contributed by atoms with E-state index in [0.717, 1.165) is 5.39 Å². The number of methoxy groups -OCH3 is 1. The first kappa shape index (κ1) is 30.3. The van der Waals surface area contributed by atoms with Crippen LogP contribution < -0.4 is 26.0 Å². The molecule has 1 aliphatic heterocycles. The summed E-state index contributed by atoms with van der Waals surface area (Å²) in [7, 11) is 1.54. The number of aromatic nitrogens is 1. The molecule has 1 aromatic heterocycles. The van der Waals surface area contributed by atoms with E-state index < -0.39 is 42.0 Å². The number of rotatable bonds is 12. The summed E-state index contributed by atoms with van der Waals surface area (Å²) in [5, 5.41) is 21.4. The van der Waals surface area contributed by atoms with E-state index in [0.29, 0.717) is 30.7 Å². The first-order valence-electron chi connectivity index (χ1n) is 13.4. The van der Waals surface area contributed by atoms with E-state index in [1.54, 1.807) is 39.2 Å². The molecule has 1 saturated heterocycles. The molecule has 4 atom stereocenters. The number of hydrogen-bond donors (Lipinski definition) is 5. The van der Waals surface area contributed by atoms with Crippen molar-refractivity contribution in [1.29, 1.82) is 5.26 Å². The number of nitriles is 1. The molecule has 2 unspecified atom stereocenters. The molecule has 0 saturated carbocycles. The van der Waals surface area contributed by atoms with E-state index in [9.17, 15) is 24.4 Å². The lowest BCUT2D eigenvalue weighted by Gasteiger charge is -2.28. The van der Waals surface area contributed by atoms with Crippen molar-refractivity contribution < 1.29 is 28.7 Å². The fraction of sp³-hybridized carbons (Fsp3) is 0.536. The summed E-state index contributed by atoms with van der Waals surface area (Å²) in [5.41, 5.74) is 0.960. The van der Waals surface area contributed by atoms with Crippen LogP contribution in [-0.4, -0.2) is 66.7 Å². The van der Waals surface area contributed by atoms with Gasteiger partial charge >= 0.3 is 6.09 Å². The molecule has 12 heteroatoms. The molecule has 2 aromatic rings. The highest BCUT2D eigenvalue weighted by Gasteiger charge is 2.36. The van der Waals surface area contributed by atoms with Gasteiger partial charge in [0.25, 0.3) is 5.91 Å². The van der Waals surface area contributed by atoms with Gasteiger partial charge in [0.2, 0.25) is 17.9 Å². The van der Waals surface area contributed by atoms with Crippen molar-refractivity contribution in [3.63, 3.8) is 0 Å². The Labute approximate surface area is 233 Å². The predicted octanol–water partition coefficient (Wildman–Crippen LogP) is 2.36. The Morgan fingerprint density at radius 2 is 1.90 bits per heavy atom. The van der Waals surface area contributed by atoms with Gasteiger partial charge in [-0.1, -0.05) is 19.9 Å². The van der Waals surface area contributed by atoms with Crippen LogP contribution in [0.5, 0.6) is 5.75 Å². The minimum atomic E-state index is -1.35. The minimum absolute atomic E-state index is 0.0396. The van der Waals surface area contributed by atoms with Crippen LogP contribution in [-0.2, 0) is 14.3 Å². The standard InChI is InChI=1S/C28H38N6O6/c1-15(2)11-21(34-27(37)22-13-18-19(32-22)7-6-8-23(18)39-5)26(36)33-20(12-17-9-10-30-25(17)35)24(14-29)40-28(38)31-16(3)4/h6-8,13,15-17,20-21,24,32H,9-12H2,1-5H3,(H,30,35)(H,31,38)(H,33,36)(H,34,37)/t17-,20-,21?,24?/m0/s1. The summed E-state index contributed by atoms with van der Waals surface area (Å²) < 4.78 is 10.7. The predicted molar refractivity (Wildman–Crippen MR) is 147 cm³/mol. The second-order valence-electron chi connectivity index (χ2n) is 10.6. The van der Waals surface area contributed by atoms with Crippen LogP contribution in [0.15, 0.2) is 24.3 Å². The maximum Gasteiger partial charge on any atom is 0.408 e. The monoisotopic (exact) mass is 554 g/mol. The van der Waals surface area contributed by atoms with Gasteiger partial charge in [-0.15, -0.1) is 0 Å². The fourth-order valence-corrected chi connectivity index (χ4v) is 4.67. The Morgan fingerprint density at radius 3 is 2.50 bits per heavy atom. The summed E-state index contributed by atoms with van der Waals surface area (Å²) in [6.45, 7) is 7.80. The molecule has 1 aliphatic rings. The number of carbonyl (C=O) groups excluding carboxylic acids is 4. The Bertz CT molecular complexity index is 1270. The van der Waals surface area contributed by atoms with Crippen molar-refractivity contribution in [2.24, 2.45) is 11.8 Å². The van der Waals surface area contributed by atoms with Crippen molar-refractivity contribution in [2.75, 3.05) is 13.7 Å². The van der Waals surface area contributed by atoms with Gasteiger partial charge in [0.05, 0.1) is 13.2 Å². The van der Waals surface area contributed by atoms with Crippen LogP contribution in [0, 0.1) is 23.2 Å². The first-order chi connectivity index (χ1) is 19.0. The molecule has 0 radical (unpaired) electrons. The van der Waals surface area contributed by atoms with Crippen LogP contribution in [0.25, 0.3) is 10.9 Å². The SMILES string of the molecule is COc1cccc2[nH]c(C(=O)NC(CC(C)C)C(=O)N[C@@H](C[C@@H]3CCNC3=O)C(C#N)OC(=O)NC(C)C)cc12. The molecule has 4 amide bonds. The van der Waals surface area contributed by atoms with E-state index in [4.69, 9.17) is 9.47 Å². The third-order valence-corrected chi connectivity index (χ3v) is 6.58. The molecular formula is C28H38N6O6. The Hall–Kier alpha value is -4.27. The normalized spacial score (nSPS) is 17.1. The molecule has 0 spiro atoms. The fourth-order valence-electron chi connectivity index (χ4n) is 4.67. The number of nitrogens with one attached hydrogen (secondary N) is 5. The lowest BCUT2D eigenvalue weighted by molar-refractivity contribution is -0.126. The van der Waals surface area contributed by atoms with Gasteiger partial charge in [-0.05, 0) is 57.2 Å². The van der Waals surface area contributed by atoms with Gasteiger partial charge in [-0.25, -0.2) is 4.79 Å². The van der Waals surface area contributed by atoms with E-state index in [2.05, 4.69) is 26.3 Å². The summed E-state index contributed by atoms with van der Waals surface area (Å²) in [6, 6.07) is 6.83. The summed E-state index contributed by atoms with van der Waals surface area (Å²) in [4.78, 5) is 54.4. The molecule has 0 bridgehead atoms. The second-order valence-corrected chi connectivity index (χ2v) is 10.6. The molecular weight excluding hydrogens is 516 g/mol. The van der Waals surface area contributed by atoms with Crippen molar-refractivity contribution in [1.82, 2.24) is 26.3 Å². The van der Waals surface area contributed by atoms with Crippen molar-refractivity contribution in [3.8, 4) is 11.8 Å². The number of nitrogens with zero attached hydrogens (tertiary/aromatic N) is 1. The van der Waals surface area contributed by atoms with Crippen LogP contribution in [0.2, 0.25) is 0 Å². The topological polar surface area (TPSA) is 174 Å². The number of H-pyrrole nitrogens is 1. The molecule has 2 heterocycles. The third kappa shape index (κ3) is 7.88.